The summed E-state index contributed by atoms with van der Waals surface area (Å²) in [5.74, 6) is 0.961. The molecule has 22 heavy (non-hydrogen) atoms. The summed E-state index contributed by atoms with van der Waals surface area (Å²) in [5.41, 5.74) is 2.07. The molecule has 0 unspecified atom stereocenters. The maximum atomic E-state index is 9.82. The van der Waals surface area contributed by atoms with Crippen LogP contribution in [0, 0.1) is 0 Å². The first-order chi connectivity index (χ1) is 10.8. The number of phenolic OH excluding ortho intramolecular Hbond substituents is 1. The number of unbranched alkanes of at least 4 members (excludes halogenated alkanes) is 3. The Morgan fingerprint density at radius 2 is 1.68 bits per heavy atom. The second kappa shape index (κ2) is 8.93. The van der Waals surface area contributed by atoms with Crippen molar-refractivity contribution in [3.05, 3.63) is 59.7 Å². The molecule has 0 aliphatic heterocycles. The standard InChI is InChI=1S/C20H24O2/c1-2-3-4-8-13-22-20-15-18(14-19(21)16-20)12-11-17-9-6-5-7-10-17/h5-7,9-12,14-16,21H,2-4,8,13H2,1H3/b12-11+. The van der Waals surface area contributed by atoms with Crippen LogP contribution in [0.15, 0.2) is 48.5 Å². The summed E-state index contributed by atoms with van der Waals surface area (Å²) >= 11 is 0. The average molecular weight is 296 g/mol. The van der Waals surface area contributed by atoms with E-state index < -0.39 is 0 Å². The molecule has 2 rings (SSSR count). The van der Waals surface area contributed by atoms with Crippen LogP contribution in [0.25, 0.3) is 12.2 Å². The summed E-state index contributed by atoms with van der Waals surface area (Å²) < 4.78 is 5.73. The average Bonchev–Trinajstić information content (AvgIpc) is 2.53. The van der Waals surface area contributed by atoms with Crippen LogP contribution >= 0.6 is 0 Å². The zero-order valence-electron chi connectivity index (χ0n) is 13.2. The topological polar surface area (TPSA) is 29.5 Å². The fraction of sp³-hybridized carbons (Fsp3) is 0.300. The van der Waals surface area contributed by atoms with Gasteiger partial charge in [-0.3, -0.25) is 0 Å². The zero-order valence-corrected chi connectivity index (χ0v) is 13.2. The molecule has 0 amide bonds. The minimum Gasteiger partial charge on any atom is -0.508 e. The second-order valence-corrected chi connectivity index (χ2v) is 5.41. The third kappa shape index (κ3) is 5.65. The van der Waals surface area contributed by atoms with Gasteiger partial charge in [0.15, 0.2) is 0 Å². The number of ether oxygens (including phenoxy) is 1. The van der Waals surface area contributed by atoms with Crippen LogP contribution in [-0.4, -0.2) is 11.7 Å². The lowest BCUT2D eigenvalue weighted by Crippen LogP contribution is -1.97. The smallest absolute Gasteiger partial charge is 0.123 e. The van der Waals surface area contributed by atoms with Crippen molar-refractivity contribution in [1.82, 2.24) is 0 Å². The van der Waals surface area contributed by atoms with E-state index in [9.17, 15) is 5.11 Å². The molecule has 2 aromatic carbocycles. The van der Waals surface area contributed by atoms with Gasteiger partial charge in [0.25, 0.3) is 0 Å². The van der Waals surface area contributed by atoms with Crippen molar-refractivity contribution in [2.75, 3.05) is 6.61 Å². The molecule has 2 nitrogen and oxygen atoms in total. The zero-order chi connectivity index (χ0) is 15.6. The molecule has 116 valence electrons. The summed E-state index contributed by atoms with van der Waals surface area (Å²) in [6.07, 6.45) is 8.72. The fourth-order valence-corrected chi connectivity index (χ4v) is 2.26. The van der Waals surface area contributed by atoms with Gasteiger partial charge >= 0.3 is 0 Å². The van der Waals surface area contributed by atoms with Crippen molar-refractivity contribution in [2.24, 2.45) is 0 Å². The Labute approximate surface area is 133 Å². The van der Waals surface area contributed by atoms with E-state index in [2.05, 4.69) is 6.92 Å². The van der Waals surface area contributed by atoms with E-state index >= 15 is 0 Å². The van der Waals surface area contributed by atoms with Crippen molar-refractivity contribution in [3.63, 3.8) is 0 Å². The first kappa shape index (κ1) is 16.2. The lowest BCUT2D eigenvalue weighted by Gasteiger charge is -2.07. The lowest BCUT2D eigenvalue weighted by molar-refractivity contribution is 0.303. The van der Waals surface area contributed by atoms with Crippen LogP contribution < -0.4 is 4.74 Å². The van der Waals surface area contributed by atoms with Gasteiger partial charge in [0.05, 0.1) is 6.61 Å². The van der Waals surface area contributed by atoms with E-state index in [1.807, 2.05) is 48.6 Å². The molecule has 0 heterocycles. The van der Waals surface area contributed by atoms with Crippen molar-refractivity contribution < 1.29 is 9.84 Å². The van der Waals surface area contributed by atoms with E-state index in [0.29, 0.717) is 6.61 Å². The fourth-order valence-electron chi connectivity index (χ4n) is 2.26. The number of benzene rings is 2. The first-order valence-corrected chi connectivity index (χ1v) is 7.98. The maximum Gasteiger partial charge on any atom is 0.123 e. The molecule has 0 atom stereocenters. The molecule has 2 aromatic rings. The van der Waals surface area contributed by atoms with Crippen LogP contribution in [0.2, 0.25) is 0 Å². The number of hydrogen-bond donors (Lipinski definition) is 1. The van der Waals surface area contributed by atoms with E-state index in [-0.39, 0.29) is 5.75 Å². The van der Waals surface area contributed by atoms with Crippen molar-refractivity contribution >= 4 is 12.2 Å². The predicted molar refractivity (Wildman–Crippen MR) is 93.1 cm³/mol. The van der Waals surface area contributed by atoms with Gasteiger partial charge in [-0.1, -0.05) is 68.7 Å². The molecule has 0 radical (unpaired) electrons. The highest BCUT2D eigenvalue weighted by atomic mass is 16.5. The van der Waals surface area contributed by atoms with Crippen LogP contribution in [0.1, 0.15) is 43.7 Å². The highest BCUT2D eigenvalue weighted by Gasteiger charge is 2.00. The molecule has 0 aliphatic carbocycles. The minimum absolute atomic E-state index is 0.235. The Balaban J connectivity index is 1.96. The third-order valence-electron chi connectivity index (χ3n) is 3.45. The van der Waals surface area contributed by atoms with Crippen LogP contribution in [0.3, 0.4) is 0 Å². The van der Waals surface area contributed by atoms with E-state index in [1.54, 1.807) is 12.1 Å². The largest absolute Gasteiger partial charge is 0.508 e. The molecule has 0 fully saturated rings. The molecular weight excluding hydrogens is 272 g/mol. The Morgan fingerprint density at radius 1 is 0.909 bits per heavy atom. The van der Waals surface area contributed by atoms with Crippen molar-refractivity contribution in [2.45, 2.75) is 32.6 Å². The second-order valence-electron chi connectivity index (χ2n) is 5.41. The SMILES string of the molecule is CCCCCCOc1cc(O)cc(/C=C/c2ccccc2)c1. The monoisotopic (exact) mass is 296 g/mol. The van der Waals surface area contributed by atoms with Crippen LogP contribution in [0.5, 0.6) is 11.5 Å². The van der Waals surface area contributed by atoms with Gasteiger partial charge in [-0.2, -0.15) is 0 Å². The Bertz CT molecular complexity index is 588. The Kier molecular flexibility index (Phi) is 6.56. The molecule has 0 spiro atoms. The molecule has 0 saturated heterocycles. The number of rotatable bonds is 8. The van der Waals surface area contributed by atoms with Gasteiger partial charge in [0.2, 0.25) is 0 Å². The summed E-state index contributed by atoms with van der Waals surface area (Å²) in [4.78, 5) is 0. The molecule has 0 aliphatic rings. The van der Waals surface area contributed by atoms with Gasteiger partial charge < -0.3 is 9.84 Å². The quantitative estimate of drug-likeness (QED) is 0.513. The third-order valence-corrected chi connectivity index (χ3v) is 3.45. The van der Waals surface area contributed by atoms with Crippen LogP contribution in [-0.2, 0) is 0 Å². The van der Waals surface area contributed by atoms with Crippen molar-refractivity contribution in [3.8, 4) is 11.5 Å². The van der Waals surface area contributed by atoms with E-state index in [1.165, 1.54) is 19.3 Å². The first-order valence-electron chi connectivity index (χ1n) is 7.98. The summed E-state index contributed by atoms with van der Waals surface area (Å²) in [6, 6.07) is 15.5. The van der Waals surface area contributed by atoms with Gasteiger partial charge in [-0.15, -0.1) is 0 Å². The van der Waals surface area contributed by atoms with E-state index in [0.717, 1.165) is 23.3 Å². The molecular formula is C20H24O2. The van der Waals surface area contributed by atoms with Crippen molar-refractivity contribution in [1.29, 1.82) is 0 Å². The highest BCUT2D eigenvalue weighted by Crippen LogP contribution is 2.23. The van der Waals surface area contributed by atoms with Gasteiger partial charge in [-0.25, -0.2) is 0 Å². The highest BCUT2D eigenvalue weighted by molar-refractivity contribution is 5.70. The maximum absolute atomic E-state index is 9.82. The molecule has 0 bridgehead atoms. The van der Waals surface area contributed by atoms with Gasteiger partial charge in [-0.05, 0) is 29.7 Å². The van der Waals surface area contributed by atoms with E-state index in [4.69, 9.17) is 4.74 Å². The van der Waals surface area contributed by atoms with Crippen LogP contribution in [0.4, 0.5) is 0 Å². The number of hydrogen-bond acceptors (Lipinski definition) is 2. The Morgan fingerprint density at radius 3 is 2.45 bits per heavy atom. The minimum atomic E-state index is 0.235. The summed E-state index contributed by atoms with van der Waals surface area (Å²) in [7, 11) is 0. The normalized spacial score (nSPS) is 11.0. The van der Waals surface area contributed by atoms with Gasteiger partial charge in [0.1, 0.15) is 11.5 Å². The molecule has 0 saturated carbocycles. The number of aromatic hydroxyl groups is 1. The predicted octanol–water partition coefficient (Wildman–Crippen LogP) is 5.52. The number of phenols is 1. The lowest BCUT2D eigenvalue weighted by atomic mass is 10.1. The molecule has 2 heteroatoms. The Hall–Kier alpha value is -2.22. The molecule has 1 N–H and O–H groups in total. The molecule has 0 aromatic heterocycles. The summed E-state index contributed by atoms with van der Waals surface area (Å²) in [6.45, 7) is 2.90. The summed E-state index contributed by atoms with van der Waals surface area (Å²) in [5, 5.41) is 9.82. The van der Waals surface area contributed by atoms with Gasteiger partial charge in [0, 0.05) is 6.07 Å².